The van der Waals surface area contributed by atoms with E-state index in [0.29, 0.717) is 19.6 Å². The topological polar surface area (TPSA) is 45.5 Å². The first-order chi connectivity index (χ1) is 11.8. The molecule has 0 N–H and O–H groups in total. The van der Waals surface area contributed by atoms with Crippen molar-refractivity contribution in [2.24, 2.45) is 18.4 Å². The summed E-state index contributed by atoms with van der Waals surface area (Å²) in [4.78, 5) is 28.3. The lowest BCUT2D eigenvalue weighted by Crippen LogP contribution is -2.67. The number of carbonyl (C=O) groups excluding carboxylic acids is 1. The second kappa shape index (κ2) is 5.62. The highest BCUT2D eigenvalue weighted by Crippen LogP contribution is 2.45. The number of β-lactam (4-membered cyclic amide) rings is 1. The van der Waals surface area contributed by atoms with Crippen LogP contribution in [0, 0.1) is 11.3 Å². The molecule has 7 heteroatoms. The van der Waals surface area contributed by atoms with Crippen LogP contribution in [0.3, 0.4) is 0 Å². The third kappa shape index (κ3) is 2.88. The van der Waals surface area contributed by atoms with E-state index in [4.69, 9.17) is 0 Å². The summed E-state index contributed by atoms with van der Waals surface area (Å²) in [5, 5.41) is 0. The van der Waals surface area contributed by atoms with Gasteiger partial charge in [0.25, 0.3) is 0 Å². The standard InChI is InChI=1S/C18H23F2N3O2/c1-21-10-14(3-4-15(21)24)23-12-17(16(23)25)5-2-6-22(11-17)9-13-7-18(19,20)8-13/h3-4,10,13H,2,5-9,11-12H2,1H3. The summed E-state index contributed by atoms with van der Waals surface area (Å²) in [5.74, 6) is -2.33. The molecule has 25 heavy (non-hydrogen) atoms. The van der Waals surface area contributed by atoms with Crippen LogP contribution in [0.2, 0.25) is 0 Å². The third-order valence-corrected chi connectivity index (χ3v) is 5.89. The normalized spacial score (nSPS) is 29.6. The van der Waals surface area contributed by atoms with Crippen LogP contribution in [-0.2, 0) is 11.8 Å². The molecule has 0 bridgehead atoms. The number of hydrogen-bond donors (Lipinski definition) is 0. The van der Waals surface area contributed by atoms with Crippen molar-refractivity contribution >= 4 is 11.6 Å². The van der Waals surface area contributed by atoms with E-state index in [2.05, 4.69) is 4.90 Å². The van der Waals surface area contributed by atoms with Crippen molar-refractivity contribution in [2.45, 2.75) is 31.6 Å². The summed E-state index contributed by atoms with van der Waals surface area (Å²) < 4.78 is 27.5. The van der Waals surface area contributed by atoms with E-state index in [0.717, 1.165) is 25.1 Å². The third-order valence-electron chi connectivity index (χ3n) is 5.89. The minimum Gasteiger partial charge on any atom is -0.317 e. The Labute approximate surface area is 145 Å². The van der Waals surface area contributed by atoms with Crippen LogP contribution in [0.4, 0.5) is 14.5 Å². The Morgan fingerprint density at radius 1 is 1.20 bits per heavy atom. The van der Waals surface area contributed by atoms with Gasteiger partial charge in [-0.05, 0) is 31.4 Å². The molecular weight excluding hydrogens is 328 g/mol. The van der Waals surface area contributed by atoms with Gasteiger partial charge in [0, 0.05) is 51.8 Å². The number of nitrogens with zero attached hydrogens (tertiary/aromatic N) is 3. The van der Waals surface area contributed by atoms with Crippen molar-refractivity contribution in [3.8, 4) is 0 Å². The van der Waals surface area contributed by atoms with E-state index in [1.54, 1.807) is 24.2 Å². The number of hydrogen-bond acceptors (Lipinski definition) is 3. The van der Waals surface area contributed by atoms with E-state index in [-0.39, 0.29) is 35.6 Å². The summed E-state index contributed by atoms with van der Waals surface area (Å²) in [7, 11) is 1.67. The van der Waals surface area contributed by atoms with Crippen molar-refractivity contribution in [3.05, 3.63) is 28.7 Å². The minimum atomic E-state index is -2.48. The summed E-state index contributed by atoms with van der Waals surface area (Å²) in [6.07, 6.45) is 3.43. The zero-order valence-electron chi connectivity index (χ0n) is 14.4. The van der Waals surface area contributed by atoms with Crippen molar-refractivity contribution in [2.75, 3.05) is 31.1 Å². The molecule has 1 aromatic heterocycles. The Morgan fingerprint density at radius 2 is 1.96 bits per heavy atom. The van der Waals surface area contributed by atoms with Crippen molar-refractivity contribution in [3.63, 3.8) is 0 Å². The Bertz CT molecular complexity index is 755. The van der Waals surface area contributed by atoms with E-state index in [1.807, 2.05) is 0 Å². The van der Waals surface area contributed by atoms with Gasteiger partial charge in [-0.2, -0.15) is 0 Å². The minimum absolute atomic E-state index is 0.0192. The van der Waals surface area contributed by atoms with Crippen LogP contribution in [0.5, 0.6) is 0 Å². The number of rotatable bonds is 3. The number of amides is 1. The van der Waals surface area contributed by atoms with Gasteiger partial charge in [-0.25, -0.2) is 8.78 Å². The Kier molecular flexibility index (Phi) is 3.76. The first-order valence-electron chi connectivity index (χ1n) is 8.87. The average molecular weight is 351 g/mol. The zero-order valence-corrected chi connectivity index (χ0v) is 14.4. The van der Waals surface area contributed by atoms with Crippen molar-refractivity contribution < 1.29 is 13.6 Å². The number of aryl methyl sites for hydroxylation is 1. The van der Waals surface area contributed by atoms with E-state index in [1.165, 1.54) is 10.6 Å². The molecule has 1 atom stereocenters. The van der Waals surface area contributed by atoms with Crippen LogP contribution in [0.1, 0.15) is 25.7 Å². The van der Waals surface area contributed by atoms with Gasteiger partial charge in [0.15, 0.2) is 0 Å². The molecule has 2 aliphatic heterocycles. The Hall–Kier alpha value is -1.76. The molecule has 2 saturated heterocycles. The highest BCUT2D eigenvalue weighted by atomic mass is 19.3. The zero-order chi connectivity index (χ0) is 17.8. The molecule has 3 heterocycles. The quantitative estimate of drug-likeness (QED) is 0.781. The fourth-order valence-corrected chi connectivity index (χ4v) is 4.55. The van der Waals surface area contributed by atoms with Crippen LogP contribution in [0.15, 0.2) is 23.1 Å². The second-order valence-electron chi connectivity index (χ2n) is 7.98. The molecule has 4 rings (SSSR count). The first kappa shape index (κ1) is 16.7. The SMILES string of the molecule is Cn1cc(N2CC3(CCCN(CC4CC(F)(F)C4)C3)C2=O)ccc1=O. The number of aromatic nitrogens is 1. The maximum Gasteiger partial charge on any atom is 0.250 e. The van der Waals surface area contributed by atoms with Gasteiger partial charge in [0.2, 0.25) is 17.4 Å². The molecule has 1 aromatic rings. The number of piperidine rings is 1. The van der Waals surface area contributed by atoms with Crippen LogP contribution in [0.25, 0.3) is 0 Å². The molecule has 5 nitrogen and oxygen atoms in total. The smallest absolute Gasteiger partial charge is 0.250 e. The summed E-state index contributed by atoms with van der Waals surface area (Å²) in [5.41, 5.74) is 0.264. The number of likely N-dealkylation sites (tertiary alicyclic amines) is 1. The molecule has 3 fully saturated rings. The number of alkyl halides is 2. The predicted octanol–water partition coefficient (Wildman–Crippen LogP) is 1.86. The lowest BCUT2D eigenvalue weighted by atomic mass is 9.71. The number of carbonyl (C=O) groups is 1. The summed E-state index contributed by atoms with van der Waals surface area (Å²) in [6, 6.07) is 3.15. The molecule has 1 amide bonds. The van der Waals surface area contributed by atoms with E-state index >= 15 is 0 Å². The highest BCUT2D eigenvalue weighted by molar-refractivity contribution is 6.04. The fraction of sp³-hybridized carbons (Fsp3) is 0.667. The van der Waals surface area contributed by atoms with Gasteiger partial charge in [-0.3, -0.25) is 9.59 Å². The van der Waals surface area contributed by atoms with Crippen LogP contribution < -0.4 is 10.5 Å². The predicted molar refractivity (Wildman–Crippen MR) is 89.8 cm³/mol. The molecule has 1 saturated carbocycles. The molecule has 136 valence electrons. The largest absolute Gasteiger partial charge is 0.317 e. The van der Waals surface area contributed by atoms with Gasteiger partial charge >= 0.3 is 0 Å². The molecule has 1 spiro atoms. The summed E-state index contributed by atoms with van der Waals surface area (Å²) >= 11 is 0. The van der Waals surface area contributed by atoms with Gasteiger partial charge in [-0.15, -0.1) is 0 Å². The van der Waals surface area contributed by atoms with Crippen LogP contribution in [-0.4, -0.2) is 47.5 Å². The van der Waals surface area contributed by atoms with Crippen molar-refractivity contribution in [1.29, 1.82) is 0 Å². The Morgan fingerprint density at radius 3 is 2.60 bits per heavy atom. The highest BCUT2D eigenvalue weighted by Gasteiger charge is 2.55. The number of pyridine rings is 1. The van der Waals surface area contributed by atoms with Gasteiger partial charge in [0.05, 0.1) is 11.1 Å². The monoisotopic (exact) mass is 351 g/mol. The maximum atomic E-state index is 13.0. The fourth-order valence-electron chi connectivity index (χ4n) is 4.55. The van der Waals surface area contributed by atoms with Gasteiger partial charge in [0.1, 0.15) is 0 Å². The lowest BCUT2D eigenvalue weighted by molar-refractivity contribution is -0.143. The van der Waals surface area contributed by atoms with Crippen molar-refractivity contribution in [1.82, 2.24) is 9.47 Å². The Balaban J connectivity index is 1.40. The molecular formula is C18H23F2N3O2. The molecule has 1 aliphatic carbocycles. The average Bonchev–Trinajstić information content (AvgIpc) is 2.54. The summed E-state index contributed by atoms with van der Waals surface area (Å²) in [6.45, 7) is 2.86. The molecule has 0 aromatic carbocycles. The van der Waals surface area contributed by atoms with E-state index in [9.17, 15) is 18.4 Å². The number of halogens is 2. The first-order valence-corrected chi connectivity index (χ1v) is 8.87. The van der Waals surface area contributed by atoms with Crippen LogP contribution >= 0.6 is 0 Å². The van der Waals surface area contributed by atoms with Gasteiger partial charge in [-0.1, -0.05) is 0 Å². The number of anilines is 1. The maximum absolute atomic E-state index is 13.0. The lowest BCUT2D eigenvalue weighted by Gasteiger charge is -2.54. The molecule has 3 aliphatic rings. The molecule has 0 radical (unpaired) electrons. The van der Waals surface area contributed by atoms with E-state index < -0.39 is 5.92 Å². The molecule has 1 unspecified atom stereocenters. The second-order valence-corrected chi connectivity index (χ2v) is 7.98. The van der Waals surface area contributed by atoms with Gasteiger partial charge < -0.3 is 14.4 Å².